The van der Waals surface area contributed by atoms with Crippen molar-refractivity contribution < 1.29 is 31.1 Å². The molecule has 1 aromatic carbocycles. The molecule has 13 heteroatoms. The zero-order chi connectivity index (χ0) is 23.1. The Labute approximate surface area is 185 Å². The number of amides is 1. The summed E-state index contributed by atoms with van der Waals surface area (Å²) in [5, 5.41) is 3.71. The van der Waals surface area contributed by atoms with Gasteiger partial charge in [-0.15, -0.1) is 5.10 Å². The summed E-state index contributed by atoms with van der Waals surface area (Å²) in [4.78, 5) is 16.3. The van der Waals surface area contributed by atoms with Gasteiger partial charge < -0.3 is 4.74 Å². The van der Waals surface area contributed by atoms with Gasteiger partial charge in [0.25, 0.3) is 15.9 Å². The van der Waals surface area contributed by atoms with E-state index in [-0.39, 0.29) is 33.7 Å². The van der Waals surface area contributed by atoms with Crippen molar-refractivity contribution in [2.24, 2.45) is 5.92 Å². The molecular formula is C19H14ClF3N4O4S. The second-order valence-corrected chi connectivity index (χ2v) is 8.93. The van der Waals surface area contributed by atoms with Gasteiger partial charge in [-0.05, 0) is 30.7 Å². The zero-order valence-corrected chi connectivity index (χ0v) is 17.5. The third kappa shape index (κ3) is 4.70. The number of benzene rings is 1. The fourth-order valence-electron chi connectivity index (χ4n) is 2.86. The van der Waals surface area contributed by atoms with Crippen molar-refractivity contribution >= 4 is 27.5 Å². The second-order valence-electron chi connectivity index (χ2n) is 6.89. The standard InChI is InChI=1S/C19H14ClF3N4O4S/c20-17-12(18(28)26-32(29,30)11-4-2-1-3-5-11)6-7-15(24-17)27-9-8-16(25-27)31-14-10-13(14)19(21,22)23/h1-9,13-14H,10H2,(H,26,28)/t13-,14?/m0/s1. The van der Waals surface area contributed by atoms with Crippen LogP contribution in [0.15, 0.2) is 59.6 Å². The number of pyridine rings is 1. The molecule has 2 atom stereocenters. The Balaban J connectivity index is 1.46. The van der Waals surface area contributed by atoms with Crippen LogP contribution in [0, 0.1) is 5.92 Å². The van der Waals surface area contributed by atoms with E-state index in [1.165, 1.54) is 53.3 Å². The van der Waals surface area contributed by atoms with E-state index in [1.807, 2.05) is 4.72 Å². The van der Waals surface area contributed by atoms with Crippen LogP contribution in [0.3, 0.4) is 0 Å². The maximum Gasteiger partial charge on any atom is 0.395 e. The van der Waals surface area contributed by atoms with E-state index in [9.17, 15) is 26.4 Å². The molecule has 0 bridgehead atoms. The van der Waals surface area contributed by atoms with Crippen molar-refractivity contribution in [3.05, 3.63) is 65.4 Å². The Bertz CT molecular complexity index is 1270. The molecule has 32 heavy (non-hydrogen) atoms. The first-order valence-corrected chi connectivity index (χ1v) is 11.0. The molecule has 1 saturated carbocycles. The average molecular weight is 487 g/mol. The highest BCUT2D eigenvalue weighted by Gasteiger charge is 2.58. The third-order valence-electron chi connectivity index (χ3n) is 4.58. The minimum absolute atomic E-state index is 0.0181. The van der Waals surface area contributed by atoms with E-state index in [2.05, 4.69) is 10.1 Å². The van der Waals surface area contributed by atoms with E-state index < -0.39 is 34.1 Å². The van der Waals surface area contributed by atoms with Gasteiger partial charge in [0.15, 0.2) is 5.82 Å². The highest BCUT2D eigenvalue weighted by Crippen LogP contribution is 2.46. The van der Waals surface area contributed by atoms with Crippen molar-refractivity contribution in [3.63, 3.8) is 0 Å². The molecule has 0 aliphatic heterocycles. The molecule has 0 spiro atoms. The largest absolute Gasteiger partial charge is 0.473 e. The van der Waals surface area contributed by atoms with Gasteiger partial charge in [0.05, 0.1) is 16.4 Å². The van der Waals surface area contributed by atoms with Gasteiger partial charge in [-0.3, -0.25) is 4.79 Å². The summed E-state index contributed by atoms with van der Waals surface area (Å²) in [5.41, 5.74) is -0.190. The number of nitrogens with one attached hydrogen (secondary N) is 1. The van der Waals surface area contributed by atoms with Crippen LogP contribution in [0.5, 0.6) is 5.88 Å². The Morgan fingerprint density at radius 2 is 1.88 bits per heavy atom. The lowest BCUT2D eigenvalue weighted by Gasteiger charge is -2.09. The molecule has 2 aromatic heterocycles. The Kier molecular flexibility index (Phi) is 5.59. The summed E-state index contributed by atoms with van der Waals surface area (Å²) in [6.07, 6.45) is -4.02. The number of alkyl halides is 3. The summed E-state index contributed by atoms with van der Waals surface area (Å²) in [6.45, 7) is 0. The van der Waals surface area contributed by atoms with Crippen molar-refractivity contribution in [2.75, 3.05) is 0 Å². The van der Waals surface area contributed by atoms with Gasteiger partial charge in [-0.2, -0.15) is 13.2 Å². The van der Waals surface area contributed by atoms with E-state index in [0.717, 1.165) is 0 Å². The number of hydrogen-bond donors (Lipinski definition) is 1. The molecule has 1 N–H and O–H groups in total. The normalized spacial score (nSPS) is 18.2. The summed E-state index contributed by atoms with van der Waals surface area (Å²) >= 11 is 6.06. The Hall–Kier alpha value is -3.12. The molecule has 4 rings (SSSR count). The molecule has 1 aliphatic carbocycles. The number of hydrogen-bond acceptors (Lipinski definition) is 6. The van der Waals surface area contributed by atoms with Gasteiger partial charge in [-0.1, -0.05) is 29.8 Å². The Morgan fingerprint density at radius 3 is 2.50 bits per heavy atom. The van der Waals surface area contributed by atoms with E-state index >= 15 is 0 Å². The van der Waals surface area contributed by atoms with Crippen LogP contribution in [0.4, 0.5) is 13.2 Å². The summed E-state index contributed by atoms with van der Waals surface area (Å²) < 4.78 is 70.8. The predicted molar refractivity (Wildman–Crippen MR) is 106 cm³/mol. The fraction of sp³-hybridized carbons (Fsp3) is 0.211. The molecule has 3 aromatic rings. The van der Waals surface area contributed by atoms with Gasteiger partial charge in [0.1, 0.15) is 11.3 Å². The molecule has 0 radical (unpaired) electrons. The van der Waals surface area contributed by atoms with Gasteiger partial charge >= 0.3 is 6.18 Å². The summed E-state index contributed by atoms with van der Waals surface area (Å²) in [5.74, 6) is -2.36. The first kappa shape index (κ1) is 22.1. The molecule has 0 saturated heterocycles. The summed E-state index contributed by atoms with van der Waals surface area (Å²) in [6, 6.07) is 11.3. The number of carbonyl (C=O) groups is 1. The average Bonchev–Trinajstić information content (AvgIpc) is 3.36. The highest BCUT2D eigenvalue weighted by molar-refractivity contribution is 7.90. The Morgan fingerprint density at radius 1 is 1.16 bits per heavy atom. The lowest BCUT2D eigenvalue weighted by molar-refractivity contribution is -0.153. The van der Waals surface area contributed by atoms with Crippen LogP contribution in [0.1, 0.15) is 16.8 Å². The van der Waals surface area contributed by atoms with Gasteiger partial charge in [0.2, 0.25) is 5.88 Å². The van der Waals surface area contributed by atoms with E-state index in [0.29, 0.717) is 0 Å². The summed E-state index contributed by atoms with van der Waals surface area (Å²) in [7, 11) is -4.10. The number of carbonyl (C=O) groups excluding carboxylic acids is 1. The maximum atomic E-state index is 12.6. The van der Waals surface area contributed by atoms with Crippen molar-refractivity contribution in [3.8, 4) is 11.7 Å². The van der Waals surface area contributed by atoms with Gasteiger partial charge in [-0.25, -0.2) is 22.8 Å². The highest BCUT2D eigenvalue weighted by atomic mass is 35.5. The third-order valence-corrected chi connectivity index (χ3v) is 6.22. The van der Waals surface area contributed by atoms with Crippen LogP contribution in [0.2, 0.25) is 5.15 Å². The molecule has 168 valence electrons. The number of rotatable bonds is 6. The molecule has 2 heterocycles. The number of sulfonamides is 1. The second kappa shape index (κ2) is 8.10. The minimum Gasteiger partial charge on any atom is -0.473 e. The van der Waals surface area contributed by atoms with Crippen LogP contribution >= 0.6 is 11.6 Å². The molecule has 1 unspecified atom stereocenters. The SMILES string of the molecule is O=C(NS(=O)(=O)c1ccccc1)c1ccc(-n2ccc(OC3C[C@@H]3C(F)(F)F)n2)nc1Cl. The fourth-order valence-corrected chi connectivity index (χ4v) is 4.08. The van der Waals surface area contributed by atoms with Crippen molar-refractivity contribution in [1.29, 1.82) is 0 Å². The molecule has 8 nitrogen and oxygen atoms in total. The predicted octanol–water partition coefficient (Wildman–Crippen LogP) is 3.37. The van der Waals surface area contributed by atoms with Crippen LogP contribution in [-0.2, 0) is 10.0 Å². The van der Waals surface area contributed by atoms with Crippen LogP contribution in [0.25, 0.3) is 5.82 Å². The zero-order valence-electron chi connectivity index (χ0n) is 16.0. The number of ether oxygens (including phenoxy) is 1. The topological polar surface area (TPSA) is 103 Å². The lowest BCUT2D eigenvalue weighted by atomic mass is 10.3. The number of halogens is 4. The first-order valence-electron chi connectivity index (χ1n) is 9.13. The molecule has 1 aliphatic rings. The van der Waals surface area contributed by atoms with Crippen LogP contribution in [-0.4, -0.2) is 41.4 Å². The molecule has 1 amide bonds. The smallest absolute Gasteiger partial charge is 0.395 e. The number of aromatic nitrogens is 3. The molecular weight excluding hydrogens is 473 g/mol. The van der Waals surface area contributed by atoms with Crippen molar-refractivity contribution in [1.82, 2.24) is 19.5 Å². The maximum absolute atomic E-state index is 12.6. The molecule has 1 fully saturated rings. The number of nitrogens with zero attached hydrogens (tertiary/aromatic N) is 3. The van der Waals surface area contributed by atoms with Crippen LogP contribution < -0.4 is 9.46 Å². The van der Waals surface area contributed by atoms with E-state index in [4.69, 9.17) is 16.3 Å². The lowest BCUT2D eigenvalue weighted by Crippen LogP contribution is -2.31. The quantitative estimate of drug-likeness (QED) is 0.536. The van der Waals surface area contributed by atoms with Gasteiger partial charge in [0, 0.05) is 12.3 Å². The monoisotopic (exact) mass is 486 g/mol. The van der Waals surface area contributed by atoms with Crippen molar-refractivity contribution in [2.45, 2.75) is 23.6 Å². The van der Waals surface area contributed by atoms with E-state index in [1.54, 1.807) is 6.07 Å². The first-order chi connectivity index (χ1) is 15.0. The minimum atomic E-state index is -4.31.